The van der Waals surface area contributed by atoms with Crippen molar-refractivity contribution in [2.75, 3.05) is 13.2 Å². The average molecular weight is 324 g/mol. The first-order valence-electron chi connectivity index (χ1n) is 8.10. The fourth-order valence-electron chi connectivity index (χ4n) is 2.68. The van der Waals surface area contributed by atoms with Gasteiger partial charge in [0.1, 0.15) is 11.8 Å². The first-order chi connectivity index (χ1) is 11.8. The van der Waals surface area contributed by atoms with Gasteiger partial charge in [-0.05, 0) is 30.5 Å². The summed E-state index contributed by atoms with van der Waals surface area (Å²) in [7, 11) is 0. The number of carbonyl (C=O) groups excluding carboxylic acids is 2. The van der Waals surface area contributed by atoms with E-state index in [4.69, 9.17) is 4.74 Å². The van der Waals surface area contributed by atoms with Gasteiger partial charge in [-0.2, -0.15) is 0 Å². The number of imide groups is 1. The highest BCUT2D eigenvalue weighted by atomic mass is 16.5. The zero-order chi connectivity index (χ0) is 16.8. The van der Waals surface area contributed by atoms with Crippen LogP contribution in [0.25, 0.3) is 0 Å². The van der Waals surface area contributed by atoms with Crippen molar-refractivity contribution in [2.45, 2.75) is 18.9 Å². The molecule has 124 valence electrons. The summed E-state index contributed by atoms with van der Waals surface area (Å²) >= 11 is 0. The van der Waals surface area contributed by atoms with Crippen LogP contribution in [0.15, 0.2) is 60.7 Å². The Morgan fingerprint density at radius 1 is 0.917 bits per heavy atom. The maximum Gasteiger partial charge on any atom is 0.325 e. The molecule has 1 saturated heterocycles. The van der Waals surface area contributed by atoms with Crippen LogP contribution in [-0.2, 0) is 4.79 Å². The van der Waals surface area contributed by atoms with Crippen molar-refractivity contribution in [1.82, 2.24) is 10.2 Å². The van der Waals surface area contributed by atoms with Gasteiger partial charge < -0.3 is 10.1 Å². The molecule has 1 unspecified atom stereocenters. The van der Waals surface area contributed by atoms with Crippen LogP contribution >= 0.6 is 0 Å². The van der Waals surface area contributed by atoms with Crippen molar-refractivity contribution < 1.29 is 14.3 Å². The van der Waals surface area contributed by atoms with Crippen LogP contribution in [0.1, 0.15) is 24.4 Å². The highest BCUT2D eigenvalue weighted by Gasteiger charge is 2.38. The molecule has 1 aliphatic heterocycles. The number of benzene rings is 2. The average Bonchev–Trinajstić information content (AvgIpc) is 2.91. The Hall–Kier alpha value is -2.82. The summed E-state index contributed by atoms with van der Waals surface area (Å²) in [5.74, 6) is 0.645. The molecule has 1 aliphatic rings. The van der Waals surface area contributed by atoms with Gasteiger partial charge in [-0.3, -0.25) is 9.69 Å². The van der Waals surface area contributed by atoms with Crippen LogP contribution in [0.4, 0.5) is 4.79 Å². The Morgan fingerprint density at radius 2 is 1.58 bits per heavy atom. The molecule has 2 aromatic carbocycles. The number of hydrogen-bond donors (Lipinski definition) is 1. The molecule has 0 aromatic heterocycles. The van der Waals surface area contributed by atoms with Gasteiger partial charge in [0, 0.05) is 6.54 Å². The van der Waals surface area contributed by atoms with Crippen molar-refractivity contribution in [3.05, 3.63) is 66.2 Å². The molecule has 24 heavy (non-hydrogen) atoms. The third-order valence-corrected chi connectivity index (χ3v) is 3.95. The van der Waals surface area contributed by atoms with Gasteiger partial charge in [-0.15, -0.1) is 0 Å². The van der Waals surface area contributed by atoms with E-state index in [2.05, 4.69) is 5.32 Å². The van der Waals surface area contributed by atoms with E-state index in [9.17, 15) is 9.59 Å². The molecule has 5 heteroatoms. The summed E-state index contributed by atoms with van der Waals surface area (Å²) in [5.41, 5.74) is 0.811. The van der Waals surface area contributed by atoms with Gasteiger partial charge in [0.15, 0.2) is 0 Å². The Balaban J connectivity index is 1.45. The van der Waals surface area contributed by atoms with E-state index in [0.717, 1.165) is 17.7 Å². The fourth-order valence-corrected chi connectivity index (χ4v) is 2.68. The number of para-hydroxylation sites is 1. The van der Waals surface area contributed by atoms with Gasteiger partial charge in [-0.1, -0.05) is 48.5 Å². The summed E-state index contributed by atoms with van der Waals surface area (Å²) in [6.45, 7) is 0.974. The Morgan fingerprint density at radius 3 is 2.29 bits per heavy atom. The Kier molecular flexibility index (Phi) is 5.11. The predicted molar refractivity (Wildman–Crippen MR) is 90.6 cm³/mol. The lowest BCUT2D eigenvalue weighted by atomic mass is 10.1. The molecule has 0 bridgehead atoms. The fraction of sp³-hybridized carbons (Fsp3) is 0.263. The number of amides is 3. The Bertz CT molecular complexity index is 688. The van der Waals surface area contributed by atoms with Crippen LogP contribution in [0.2, 0.25) is 0 Å². The van der Waals surface area contributed by atoms with Crippen molar-refractivity contribution in [3.8, 4) is 5.75 Å². The molecule has 1 atom stereocenters. The van der Waals surface area contributed by atoms with E-state index >= 15 is 0 Å². The number of unbranched alkanes of at least 4 members (excludes halogenated alkanes) is 1. The quantitative estimate of drug-likeness (QED) is 0.629. The highest BCUT2D eigenvalue weighted by Crippen LogP contribution is 2.21. The summed E-state index contributed by atoms with van der Waals surface area (Å²) in [5, 5.41) is 2.74. The summed E-state index contributed by atoms with van der Waals surface area (Å²) in [4.78, 5) is 25.7. The second-order valence-electron chi connectivity index (χ2n) is 5.65. The van der Waals surface area contributed by atoms with E-state index in [1.54, 1.807) is 0 Å². The lowest BCUT2D eigenvalue weighted by molar-refractivity contribution is -0.127. The standard InChI is InChI=1S/C19H20N2O3/c22-18-17(15-9-3-1-4-10-15)20-19(23)21(18)13-7-8-14-24-16-11-5-2-6-12-16/h1-6,9-12,17H,7-8,13-14H2,(H,20,23). The van der Waals surface area contributed by atoms with Crippen molar-refractivity contribution >= 4 is 11.9 Å². The van der Waals surface area contributed by atoms with E-state index in [0.29, 0.717) is 19.6 Å². The minimum atomic E-state index is -0.570. The molecule has 2 aromatic rings. The zero-order valence-corrected chi connectivity index (χ0v) is 13.4. The maximum absolute atomic E-state index is 12.4. The number of hydrogen-bond acceptors (Lipinski definition) is 3. The van der Waals surface area contributed by atoms with Gasteiger partial charge in [0.25, 0.3) is 5.91 Å². The third kappa shape index (κ3) is 3.74. The molecule has 3 amide bonds. The van der Waals surface area contributed by atoms with E-state index in [1.807, 2.05) is 60.7 Å². The molecule has 0 spiro atoms. The minimum Gasteiger partial charge on any atom is -0.494 e. The highest BCUT2D eigenvalue weighted by molar-refractivity contribution is 6.04. The molecule has 0 saturated carbocycles. The maximum atomic E-state index is 12.4. The first-order valence-corrected chi connectivity index (χ1v) is 8.10. The summed E-state index contributed by atoms with van der Waals surface area (Å²) < 4.78 is 5.61. The molecule has 0 aliphatic carbocycles. The molecule has 3 rings (SSSR count). The second kappa shape index (κ2) is 7.64. The monoisotopic (exact) mass is 324 g/mol. The molecule has 5 nitrogen and oxygen atoms in total. The van der Waals surface area contributed by atoms with Gasteiger partial charge in [-0.25, -0.2) is 4.79 Å². The van der Waals surface area contributed by atoms with Crippen molar-refractivity contribution in [3.63, 3.8) is 0 Å². The smallest absolute Gasteiger partial charge is 0.325 e. The first kappa shape index (κ1) is 16.1. The number of nitrogens with one attached hydrogen (secondary N) is 1. The summed E-state index contributed by atoms with van der Waals surface area (Å²) in [6, 6.07) is 18.0. The largest absolute Gasteiger partial charge is 0.494 e. The van der Waals surface area contributed by atoms with Gasteiger partial charge in [0.05, 0.1) is 6.61 Å². The summed E-state index contributed by atoms with van der Waals surface area (Å²) in [6.07, 6.45) is 1.50. The minimum absolute atomic E-state index is 0.185. The third-order valence-electron chi connectivity index (χ3n) is 3.95. The normalized spacial score (nSPS) is 17.0. The van der Waals surface area contributed by atoms with E-state index in [-0.39, 0.29) is 11.9 Å². The van der Waals surface area contributed by atoms with Crippen molar-refractivity contribution in [2.24, 2.45) is 0 Å². The molecule has 1 N–H and O–H groups in total. The molecular formula is C19H20N2O3. The molecule has 1 fully saturated rings. The van der Waals surface area contributed by atoms with Gasteiger partial charge in [0.2, 0.25) is 0 Å². The predicted octanol–water partition coefficient (Wildman–Crippen LogP) is 3.14. The number of nitrogens with zero attached hydrogens (tertiary/aromatic N) is 1. The van der Waals surface area contributed by atoms with E-state index in [1.165, 1.54) is 4.90 Å². The molecule has 1 heterocycles. The SMILES string of the molecule is O=C1NC(c2ccccc2)C(=O)N1CCCCOc1ccccc1. The van der Waals surface area contributed by atoms with Crippen LogP contribution in [0.3, 0.4) is 0 Å². The van der Waals surface area contributed by atoms with Gasteiger partial charge >= 0.3 is 6.03 Å². The molecular weight excluding hydrogens is 304 g/mol. The number of ether oxygens (including phenoxy) is 1. The van der Waals surface area contributed by atoms with Crippen LogP contribution in [0, 0.1) is 0 Å². The van der Waals surface area contributed by atoms with Crippen molar-refractivity contribution in [1.29, 1.82) is 0 Å². The second-order valence-corrected chi connectivity index (χ2v) is 5.65. The van der Waals surface area contributed by atoms with Crippen LogP contribution in [0.5, 0.6) is 5.75 Å². The lowest BCUT2D eigenvalue weighted by Gasteiger charge is -2.13. The Labute approximate surface area is 141 Å². The van der Waals surface area contributed by atoms with Crippen LogP contribution < -0.4 is 10.1 Å². The number of rotatable bonds is 7. The lowest BCUT2D eigenvalue weighted by Crippen LogP contribution is -2.32. The number of carbonyl (C=O) groups is 2. The zero-order valence-electron chi connectivity index (χ0n) is 13.4. The number of urea groups is 1. The molecule has 0 radical (unpaired) electrons. The van der Waals surface area contributed by atoms with E-state index < -0.39 is 6.04 Å². The van der Waals surface area contributed by atoms with Crippen LogP contribution in [-0.4, -0.2) is 30.0 Å². The topological polar surface area (TPSA) is 58.6 Å².